The summed E-state index contributed by atoms with van der Waals surface area (Å²) in [5.74, 6) is 0. The van der Waals surface area contributed by atoms with Crippen molar-refractivity contribution in [3.8, 4) is 0 Å². The van der Waals surface area contributed by atoms with Crippen LogP contribution >= 0.6 is 0 Å². The summed E-state index contributed by atoms with van der Waals surface area (Å²) in [6.07, 6.45) is 6.33. The van der Waals surface area contributed by atoms with Gasteiger partial charge >= 0.3 is 218 Å². The van der Waals surface area contributed by atoms with E-state index < -0.39 is 10.8 Å². The van der Waals surface area contributed by atoms with Gasteiger partial charge in [-0.2, -0.15) is 0 Å². The van der Waals surface area contributed by atoms with Crippen LogP contribution in [0.5, 0.6) is 0 Å². The van der Waals surface area contributed by atoms with Crippen molar-refractivity contribution in [2.24, 2.45) is 20.4 Å². The number of pyridine rings is 2. The normalized spacial score (nSPS) is 11.6. The van der Waals surface area contributed by atoms with Crippen molar-refractivity contribution in [3.05, 3.63) is 95.7 Å². The molecule has 0 atom stereocenters. The van der Waals surface area contributed by atoms with E-state index in [1.54, 1.807) is 12.5 Å². The predicted molar refractivity (Wildman–Crippen MR) is 154 cm³/mol. The minimum absolute atomic E-state index is 0. The van der Waals surface area contributed by atoms with E-state index >= 15 is 0 Å². The molecule has 0 unspecified atom stereocenters. The maximum atomic E-state index is 9.56. The number of fused-ring (bicyclic) bond motifs is 2. The Bertz CT molecular complexity index is 1330. The Labute approximate surface area is 244 Å². The minimum Gasteiger partial charge on any atom is 2.00 e. The summed E-state index contributed by atoms with van der Waals surface area (Å²) in [6.45, 7) is 0. The Morgan fingerprint density at radius 3 is 1.43 bits per heavy atom. The molecular formula is C24H22N8NiOSSe2. The number of rotatable bonds is 4. The monoisotopic (exact) mass is 688 g/mol. The van der Waals surface area contributed by atoms with Crippen molar-refractivity contribution in [3.63, 3.8) is 0 Å². The van der Waals surface area contributed by atoms with Gasteiger partial charge in [0.05, 0.1) is 0 Å². The molecule has 0 fully saturated rings. The van der Waals surface area contributed by atoms with Crippen molar-refractivity contribution < 1.29 is 20.7 Å². The van der Waals surface area contributed by atoms with Crippen LogP contribution in [0.4, 0.5) is 0 Å². The van der Waals surface area contributed by atoms with Crippen LogP contribution in [0.15, 0.2) is 93.2 Å². The van der Waals surface area contributed by atoms with E-state index in [0.29, 0.717) is 0 Å². The van der Waals surface area contributed by atoms with Gasteiger partial charge in [0.1, 0.15) is 0 Å². The van der Waals surface area contributed by atoms with Crippen LogP contribution in [0.1, 0.15) is 11.4 Å². The third-order valence-electron chi connectivity index (χ3n) is 3.92. The number of hydrogen-bond acceptors (Lipinski definition) is 7. The van der Waals surface area contributed by atoms with E-state index in [1.165, 1.54) is 12.4 Å². The fourth-order valence-corrected chi connectivity index (χ4v) is 2.79. The van der Waals surface area contributed by atoms with Gasteiger partial charge in [0.25, 0.3) is 0 Å². The summed E-state index contributed by atoms with van der Waals surface area (Å²) in [4.78, 5) is 8.76. The van der Waals surface area contributed by atoms with E-state index in [-0.39, 0.29) is 26.0 Å². The van der Waals surface area contributed by atoms with Crippen molar-refractivity contribution >= 4 is 86.5 Å². The van der Waals surface area contributed by atoms with Gasteiger partial charge < -0.3 is 0 Å². The molecule has 2 aromatic heterocycles. The quantitative estimate of drug-likeness (QED) is 0.137. The molecule has 0 spiro atoms. The van der Waals surface area contributed by atoms with Crippen molar-refractivity contribution in [2.45, 2.75) is 0 Å². The Hall–Kier alpha value is -2.78. The topological polar surface area (TPSA) is 140 Å². The molecule has 0 saturated carbocycles. The second-order valence-corrected chi connectivity index (χ2v) is 10.0. The third kappa shape index (κ3) is 13.4. The number of benzene rings is 2. The fraction of sp³-hybridized carbons (Fsp3) is 0.0833. The molecule has 0 aliphatic carbocycles. The number of nitrogens with zero attached hydrogens (tertiary/aromatic N) is 6. The maximum absolute atomic E-state index is 9.56. The summed E-state index contributed by atoms with van der Waals surface area (Å²) >= 11 is 4.88. The number of nitrogens with one attached hydrogen (secondary N) is 2. The van der Waals surface area contributed by atoms with Crippen LogP contribution in [-0.4, -0.2) is 80.6 Å². The van der Waals surface area contributed by atoms with Crippen LogP contribution in [0, 0.1) is 0 Å². The summed E-state index contributed by atoms with van der Waals surface area (Å²) in [6, 6.07) is 23.4. The molecule has 0 aliphatic heterocycles. The molecule has 0 aliphatic rings. The Morgan fingerprint density at radius 2 is 1.08 bits per heavy atom. The van der Waals surface area contributed by atoms with Gasteiger partial charge in [-0.3, -0.25) is 4.21 Å². The van der Waals surface area contributed by atoms with Crippen LogP contribution in [0.3, 0.4) is 0 Å². The zero-order chi connectivity index (χ0) is 26.3. The predicted octanol–water partition coefficient (Wildman–Crippen LogP) is 4.28. The minimum atomic E-state index is -0.611. The third-order valence-corrected chi connectivity index (χ3v) is 4.26. The molecule has 4 aromatic rings. The molecule has 0 amide bonds. The van der Waals surface area contributed by atoms with Gasteiger partial charge in [0.15, 0.2) is 0 Å². The zero-order valence-electron chi connectivity index (χ0n) is 19.7. The molecule has 2 radical (unpaired) electrons. The smallest absolute Gasteiger partial charge is 2.00 e. The summed E-state index contributed by atoms with van der Waals surface area (Å²) < 4.78 is 9.66. The number of amidine groups is 2. The van der Waals surface area contributed by atoms with Crippen LogP contribution in [0.25, 0.3) is 33.3 Å². The molecule has 2 aromatic carbocycles. The van der Waals surface area contributed by atoms with E-state index in [4.69, 9.17) is 11.5 Å². The first-order chi connectivity index (χ1) is 17.2. The first kappa shape index (κ1) is 32.3. The molecule has 9 nitrogen and oxygen atoms in total. The van der Waals surface area contributed by atoms with Crippen LogP contribution in [0.2, 0.25) is 0 Å². The SMILES string of the molecule is CS(C)=O.[NH-]/C([Se])=N/N=C/c1ccc2ccccc2n1.[NH-]/C([Se])=N/N=C/c1ccc2ccccc2n1.[Ni+2]. The van der Waals surface area contributed by atoms with Crippen molar-refractivity contribution in [1.82, 2.24) is 9.97 Å². The molecule has 2 heterocycles. The zero-order valence-corrected chi connectivity index (χ0v) is 24.9. The Balaban J connectivity index is 0.000000316. The molecule has 0 bridgehead atoms. The maximum Gasteiger partial charge on any atom is 2.00 e. The molecular weight excluding hydrogens is 665 g/mol. The standard InChI is InChI=1S/2C11H8N4Se.C2H6OS.Ni/c2*12-11(16)15-13-7-9-6-5-8-3-1-2-4-10(8)14-9;1-4(2)3;/h2*1-7H,(H-,12,15);1-2H3;/q2*-1;;+2/b2*13-7+;;. The van der Waals surface area contributed by atoms with Gasteiger partial charge in [-0.15, -0.1) is 0 Å². The molecule has 4 rings (SSSR count). The summed E-state index contributed by atoms with van der Waals surface area (Å²) in [5.41, 5.74) is 17.4. The van der Waals surface area contributed by atoms with Gasteiger partial charge in [-0.25, -0.2) is 0 Å². The average Bonchev–Trinajstić information content (AvgIpc) is 2.83. The van der Waals surface area contributed by atoms with Crippen LogP contribution < -0.4 is 0 Å². The first-order valence-electron chi connectivity index (χ1n) is 10.2. The Morgan fingerprint density at radius 1 is 0.730 bits per heavy atom. The van der Waals surface area contributed by atoms with Gasteiger partial charge in [0.2, 0.25) is 0 Å². The number of para-hydroxylation sites is 2. The second-order valence-electron chi connectivity index (χ2n) is 6.90. The van der Waals surface area contributed by atoms with Crippen molar-refractivity contribution in [2.75, 3.05) is 12.5 Å². The van der Waals surface area contributed by atoms with Gasteiger partial charge in [-0.05, 0) is 0 Å². The number of aromatic nitrogens is 2. The van der Waals surface area contributed by atoms with E-state index in [0.717, 1.165) is 33.2 Å². The average molecular weight is 687 g/mol. The molecule has 0 saturated heterocycles. The molecule has 192 valence electrons. The first-order valence-corrected chi connectivity index (χ1v) is 13.9. The molecule has 37 heavy (non-hydrogen) atoms. The fourth-order valence-electron chi connectivity index (χ4n) is 2.59. The largest absolute Gasteiger partial charge is 2.00 e. The molecule has 2 N–H and O–H groups in total. The molecule has 13 heteroatoms. The Kier molecular flexibility index (Phi) is 15.4. The van der Waals surface area contributed by atoms with Gasteiger partial charge in [-0.1, -0.05) is 0 Å². The van der Waals surface area contributed by atoms with E-state index in [2.05, 4.69) is 62.4 Å². The van der Waals surface area contributed by atoms with Gasteiger partial charge in [0, 0.05) is 23.3 Å². The van der Waals surface area contributed by atoms with E-state index in [1.807, 2.05) is 72.8 Å². The van der Waals surface area contributed by atoms with Crippen LogP contribution in [-0.2, 0) is 27.3 Å². The summed E-state index contributed by atoms with van der Waals surface area (Å²) in [5, 5.41) is 16.8. The van der Waals surface area contributed by atoms with E-state index in [9.17, 15) is 4.21 Å². The van der Waals surface area contributed by atoms with Crippen molar-refractivity contribution in [1.29, 1.82) is 0 Å². The second kappa shape index (κ2) is 17.6. The summed E-state index contributed by atoms with van der Waals surface area (Å²) in [7, 11) is -0.611. The number of hydrogen-bond donors (Lipinski definition) is 0.